The van der Waals surface area contributed by atoms with Crippen LogP contribution in [-0.2, 0) is 15.7 Å². The van der Waals surface area contributed by atoms with Crippen LogP contribution in [0.2, 0.25) is 0 Å². The third kappa shape index (κ3) is 4.61. The van der Waals surface area contributed by atoms with Crippen LogP contribution in [0.15, 0.2) is 18.2 Å². The normalized spacial score (nSPS) is 11.5. The Bertz CT molecular complexity index is 492. The molecule has 0 atom stereocenters. The quantitative estimate of drug-likeness (QED) is 0.591. The number of hydrogen-bond acceptors (Lipinski definition) is 2. The number of halogens is 4. The van der Waals surface area contributed by atoms with Crippen molar-refractivity contribution in [3.8, 4) is 0 Å². The molecule has 0 aliphatic rings. The molecule has 0 spiro atoms. The van der Waals surface area contributed by atoms with Gasteiger partial charge in [0, 0.05) is 13.2 Å². The first kappa shape index (κ1) is 17.8. The highest BCUT2D eigenvalue weighted by Crippen LogP contribution is 2.38. The number of hydrogen-bond donors (Lipinski definition) is 0. The molecule has 1 aromatic rings. The van der Waals surface area contributed by atoms with Gasteiger partial charge < -0.3 is 9.64 Å². The molecule has 0 aromatic heterocycles. The van der Waals surface area contributed by atoms with E-state index in [9.17, 15) is 18.0 Å². The summed E-state index contributed by atoms with van der Waals surface area (Å²) in [5.74, 6) is -0.978. The summed E-state index contributed by atoms with van der Waals surface area (Å²) in [4.78, 5) is 13.0. The van der Waals surface area contributed by atoms with Gasteiger partial charge in [0.25, 0.3) is 0 Å². The highest BCUT2D eigenvalue weighted by Gasteiger charge is 2.36. The predicted molar refractivity (Wildman–Crippen MR) is 75.7 cm³/mol. The van der Waals surface area contributed by atoms with E-state index in [4.69, 9.17) is 16.3 Å². The lowest BCUT2D eigenvalue weighted by Gasteiger charge is -2.27. The Morgan fingerprint density at radius 3 is 2.57 bits per heavy atom. The molecule has 0 bridgehead atoms. The van der Waals surface area contributed by atoms with Crippen molar-refractivity contribution in [1.82, 2.24) is 0 Å². The van der Waals surface area contributed by atoms with Crippen molar-refractivity contribution in [3.63, 3.8) is 0 Å². The number of amides is 1. The number of rotatable bonds is 6. The van der Waals surface area contributed by atoms with Crippen LogP contribution in [0.3, 0.4) is 0 Å². The topological polar surface area (TPSA) is 29.5 Å². The molecule has 3 nitrogen and oxygen atoms in total. The molecule has 0 fully saturated rings. The smallest absolute Gasteiger partial charge is 0.380 e. The average molecular weight is 324 g/mol. The van der Waals surface area contributed by atoms with Gasteiger partial charge >= 0.3 is 6.18 Å². The third-order valence-corrected chi connectivity index (χ3v) is 3.12. The number of carbonyl (C=O) groups is 1. The summed E-state index contributed by atoms with van der Waals surface area (Å²) >= 11 is 5.52. The van der Waals surface area contributed by atoms with E-state index in [1.807, 2.05) is 0 Å². The number of para-hydroxylation sites is 1. The summed E-state index contributed by atoms with van der Waals surface area (Å²) in [6.45, 7) is 3.88. The third-order valence-electron chi connectivity index (χ3n) is 2.89. The standard InChI is InChI=1S/C14H17ClF3NO2/c1-3-21-8-7-19(12(20)9-15)13-10(2)5-4-6-11(13)14(16,17)18/h4-6H,3,7-9H2,1-2H3. The minimum Gasteiger partial charge on any atom is -0.380 e. The summed E-state index contributed by atoms with van der Waals surface area (Å²) in [5, 5.41) is 0. The van der Waals surface area contributed by atoms with Gasteiger partial charge in [-0.2, -0.15) is 13.2 Å². The van der Waals surface area contributed by atoms with Crippen LogP contribution in [0.4, 0.5) is 18.9 Å². The lowest BCUT2D eigenvalue weighted by atomic mass is 10.1. The Kier molecular flexibility index (Phi) is 6.48. The maximum atomic E-state index is 13.1. The summed E-state index contributed by atoms with van der Waals surface area (Å²) in [6.07, 6.45) is -4.54. The van der Waals surface area contributed by atoms with Crippen LogP contribution in [0, 0.1) is 6.92 Å². The van der Waals surface area contributed by atoms with Crippen LogP contribution in [0.5, 0.6) is 0 Å². The number of benzene rings is 1. The fourth-order valence-corrected chi connectivity index (χ4v) is 2.12. The van der Waals surface area contributed by atoms with Crippen molar-refractivity contribution in [2.24, 2.45) is 0 Å². The minimum absolute atomic E-state index is 0.0212. The van der Waals surface area contributed by atoms with E-state index in [0.29, 0.717) is 12.2 Å². The molecule has 1 amide bonds. The van der Waals surface area contributed by atoms with Crippen molar-refractivity contribution in [2.45, 2.75) is 20.0 Å². The van der Waals surface area contributed by atoms with Crippen LogP contribution in [-0.4, -0.2) is 31.5 Å². The zero-order valence-corrected chi connectivity index (χ0v) is 12.6. The fraction of sp³-hybridized carbons (Fsp3) is 0.500. The second-order valence-electron chi connectivity index (χ2n) is 4.34. The number of carbonyl (C=O) groups excluding carboxylic acids is 1. The molecular formula is C14H17ClF3NO2. The van der Waals surface area contributed by atoms with Crippen LogP contribution in [0.25, 0.3) is 0 Å². The van der Waals surface area contributed by atoms with Crippen molar-refractivity contribution in [3.05, 3.63) is 29.3 Å². The number of nitrogens with zero attached hydrogens (tertiary/aromatic N) is 1. The first-order valence-corrected chi connectivity index (χ1v) is 6.97. The number of anilines is 1. The number of ether oxygens (including phenoxy) is 1. The maximum Gasteiger partial charge on any atom is 0.418 e. The van der Waals surface area contributed by atoms with Gasteiger partial charge in [0.1, 0.15) is 5.88 Å². The summed E-state index contributed by atoms with van der Waals surface area (Å²) in [6, 6.07) is 3.80. The monoisotopic (exact) mass is 323 g/mol. The van der Waals surface area contributed by atoms with Gasteiger partial charge in [0.2, 0.25) is 5.91 Å². The zero-order valence-electron chi connectivity index (χ0n) is 11.8. The molecule has 0 N–H and O–H groups in total. The van der Waals surface area contributed by atoms with Gasteiger partial charge in [0.05, 0.1) is 17.9 Å². The molecule has 0 unspecified atom stereocenters. The molecule has 0 aliphatic heterocycles. The number of aryl methyl sites for hydroxylation is 1. The molecule has 0 aliphatic carbocycles. The van der Waals surface area contributed by atoms with Crippen LogP contribution >= 0.6 is 11.6 Å². The summed E-state index contributed by atoms with van der Waals surface area (Å²) in [5.41, 5.74) is -0.646. The van der Waals surface area contributed by atoms with E-state index in [1.165, 1.54) is 19.1 Å². The second kappa shape index (κ2) is 7.66. The van der Waals surface area contributed by atoms with Gasteiger partial charge in [0.15, 0.2) is 0 Å². The first-order chi connectivity index (χ1) is 9.82. The van der Waals surface area contributed by atoms with E-state index in [2.05, 4.69) is 0 Å². The summed E-state index contributed by atoms with van der Waals surface area (Å²) < 4.78 is 44.6. The van der Waals surface area contributed by atoms with Crippen molar-refractivity contribution < 1.29 is 22.7 Å². The van der Waals surface area contributed by atoms with E-state index >= 15 is 0 Å². The van der Waals surface area contributed by atoms with Gasteiger partial charge in [-0.15, -0.1) is 11.6 Å². The Labute approximate surface area is 126 Å². The highest BCUT2D eigenvalue weighted by atomic mass is 35.5. The zero-order chi connectivity index (χ0) is 16.0. The Hall–Kier alpha value is -1.27. The molecule has 0 saturated heterocycles. The Morgan fingerprint density at radius 2 is 2.05 bits per heavy atom. The average Bonchev–Trinajstić information content (AvgIpc) is 2.42. The maximum absolute atomic E-state index is 13.1. The molecule has 0 heterocycles. The second-order valence-corrected chi connectivity index (χ2v) is 4.61. The van der Waals surface area contributed by atoms with E-state index < -0.39 is 23.5 Å². The summed E-state index contributed by atoms with van der Waals surface area (Å²) in [7, 11) is 0. The van der Waals surface area contributed by atoms with Gasteiger partial charge in [-0.05, 0) is 25.5 Å². The van der Waals surface area contributed by atoms with Crippen LogP contribution < -0.4 is 4.90 Å². The van der Waals surface area contributed by atoms with E-state index in [-0.39, 0.29) is 18.8 Å². The Balaban J connectivity index is 3.26. The lowest BCUT2D eigenvalue weighted by Crippen LogP contribution is -2.37. The number of alkyl halides is 4. The highest BCUT2D eigenvalue weighted by molar-refractivity contribution is 6.29. The molecule has 21 heavy (non-hydrogen) atoms. The van der Waals surface area contributed by atoms with E-state index in [0.717, 1.165) is 11.0 Å². The van der Waals surface area contributed by atoms with Gasteiger partial charge in [-0.3, -0.25) is 4.79 Å². The molecular weight excluding hydrogens is 307 g/mol. The molecule has 0 saturated carbocycles. The van der Waals surface area contributed by atoms with Crippen LogP contribution in [0.1, 0.15) is 18.1 Å². The van der Waals surface area contributed by atoms with Crippen molar-refractivity contribution >= 4 is 23.2 Å². The van der Waals surface area contributed by atoms with Crippen molar-refractivity contribution in [1.29, 1.82) is 0 Å². The largest absolute Gasteiger partial charge is 0.418 e. The fourth-order valence-electron chi connectivity index (χ4n) is 1.98. The SMILES string of the molecule is CCOCCN(C(=O)CCl)c1c(C)cccc1C(F)(F)F. The first-order valence-electron chi connectivity index (χ1n) is 6.43. The lowest BCUT2D eigenvalue weighted by molar-refractivity contribution is -0.137. The van der Waals surface area contributed by atoms with Gasteiger partial charge in [-0.1, -0.05) is 12.1 Å². The molecule has 1 rings (SSSR count). The van der Waals surface area contributed by atoms with Gasteiger partial charge in [-0.25, -0.2) is 0 Å². The molecule has 1 aromatic carbocycles. The molecule has 118 valence electrons. The van der Waals surface area contributed by atoms with E-state index in [1.54, 1.807) is 6.92 Å². The predicted octanol–water partition coefficient (Wildman–Crippen LogP) is 3.62. The van der Waals surface area contributed by atoms with Crippen molar-refractivity contribution in [2.75, 3.05) is 30.5 Å². The molecule has 0 radical (unpaired) electrons. The Morgan fingerprint density at radius 1 is 1.38 bits per heavy atom. The minimum atomic E-state index is -4.54. The molecule has 7 heteroatoms.